The summed E-state index contributed by atoms with van der Waals surface area (Å²) < 4.78 is 6.26. The van der Waals surface area contributed by atoms with E-state index in [0.717, 1.165) is 23.2 Å². The molecular formula is C16H20BrNOS. The summed E-state index contributed by atoms with van der Waals surface area (Å²) in [7, 11) is 1.69. The molecule has 0 aliphatic rings. The van der Waals surface area contributed by atoms with E-state index in [1.165, 1.54) is 16.9 Å². The fourth-order valence-electron chi connectivity index (χ4n) is 2.18. The molecular weight excluding hydrogens is 334 g/mol. The smallest absolute Gasteiger partial charge is 0.133 e. The Morgan fingerprint density at radius 3 is 2.80 bits per heavy atom. The molecule has 108 valence electrons. The van der Waals surface area contributed by atoms with E-state index in [4.69, 9.17) is 4.74 Å². The van der Waals surface area contributed by atoms with E-state index in [0.29, 0.717) is 6.04 Å². The third-order valence-electron chi connectivity index (χ3n) is 3.23. The lowest BCUT2D eigenvalue weighted by Gasteiger charge is -2.17. The number of nitrogens with one attached hydrogen (secondary N) is 1. The predicted molar refractivity (Wildman–Crippen MR) is 89.5 cm³/mol. The van der Waals surface area contributed by atoms with Crippen molar-refractivity contribution in [2.45, 2.75) is 32.4 Å². The molecule has 1 atom stereocenters. The van der Waals surface area contributed by atoms with Crippen molar-refractivity contribution in [1.82, 2.24) is 5.32 Å². The lowest BCUT2D eigenvalue weighted by Crippen LogP contribution is -2.20. The molecule has 0 saturated carbocycles. The predicted octanol–water partition coefficient (Wildman–Crippen LogP) is 5.15. The normalized spacial score (nSPS) is 12.3. The van der Waals surface area contributed by atoms with Crippen molar-refractivity contribution in [1.29, 1.82) is 0 Å². The van der Waals surface area contributed by atoms with Gasteiger partial charge in [-0.3, -0.25) is 0 Å². The van der Waals surface area contributed by atoms with Crippen molar-refractivity contribution in [3.8, 4) is 5.75 Å². The van der Waals surface area contributed by atoms with Crippen LogP contribution in [0.1, 0.15) is 36.2 Å². The number of ether oxygens (including phenoxy) is 1. The van der Waals surface area contributed by atoms with Crippen LogP contribution in [0.5, 0.6) is 5.75 Å². The zero-order chi connectivity index (χ0) is 14.4. The summed E-state index contributed by atoms with van der Waals surface area (Å²) in [4.78, 5) is 1.42. The Hall–Kier alpha value is -0.840. The number of hydrogen-bond donors (Lipinski definition) is 1. The molecule has 0 bridgehead atoms. The van der Waals surface area contributed by atoms with E-state index < -0.39 is 0 Å². The van der Waals surface area contributed by atoms with Crippen LogP contribution in [0.3, 0.4) is 0 Å². The third kappa shape index (κ3) is 4.08. The highest BCUT2D eigenvalue weighted by Crippen LogP contribution is 2.27. The molecule has 0 aliphatic heterocycles. The van der Waals surface area contributed by atoms with Crippen molar-refractivity contribution < 1.29 is 4.74 Å². The van der Waals surface area contributed by atoms with Crippen molar-refractivity contribution in [2.75, 3.05) is 7.11 Å². The summed E-state index contributed by atoms with van der Waals surface area (Å²) in [5.74, 6) is 0.872. The van der Waals surface area contributed by atoms with Crippen LogP contribution in [0.25, 0.3) is 0 Å². The van der Waals surface area contributed by atoms with Crippen LogP contribution < -0.4 is 10.1 Å². The van der Waals surface area contributed by atoms with Gasteiger partial charge in [-0.1, -0.05) is 25.5 Å². The molecule has 0 aliphatic carbocycles. The van der Waals surface area contributed by atoms with E-state index in [2.05, 4.69) is 57.8 Å². The third-order valence-corrected chi connectivity index (χ3v) is 4.84. The highest BCUT2D eigenvalue weighted by atomic mass is 79.9. The van der Waals surface area contributed by atoms with Gasteiger partial charge in [0.15, 0.2) is 0 Å². The number of hydrogen-bond acceptors (Lipinski definition) is 3. The maximum absolute atomic E-state index is 5.26. The van der Waals surface area contributed by atoms with Gasteiger partial charge in [-0.2, -0.15) is 0 Å². The van der Waals surface area contributed by atoms with Crippen molar-refractivity contribution >= 4 is 27.3 Å². The van der Waals surface area contributed by atoms with E-state index in [9.17, 15) is 0 Å². The topological polar surface area (TPSA) is 21.3 Å². The Morgan fingerprint density at radius 1 is 1.35 bits per heavy atom. The molecule has 0 saturated heterocycles. The minimum atomic E-state index is 0.445. The molecule has 1 heterocycles. The van der Waals surface area contributed by atoms with Gasteiger partial charge in [0.25, 0.3) is 0 Å². The second kappa shape index (κ2) is 7.81. The maximum Gasteiger partial charge on any atom is 0.133 e. The van der Waals surface area contributed by atoms with Gasteiger partial charge in [-0.05, 0) is 51.5 Å². The van der Waals surface area contributed by atoms with Gasteiger partial charge in [0.05, 0.1) is 11.6 Å². The van der Waals surface area contributed by atoms with E-state index >= 15 is 0 Å². The minimum Gasteiger partial charge on any atom is -0.496 e. The quantitative estimate of drug-likeness (QED) is 0.742. The SMILES string of the molecule is CCCC(NCc1ccc(OC)c(Br)c1)c1cccs1. The van der Waals surface area contributed by atoms with Crippen LogP contribution in [0, 0.1) is 0 Å². The Labute approximate surface area is 133 Å². The number of halogens is 1. The molecule has 2 rings (SSSR count). The second-order valence-corrected chi connectivity index (χ2v) is 6.54. The van der Waals surface area contributed by atoms with Gasteiger partial charge in [-0.25, -0.2) is 0 Å². The molecule has 0 radical (unpaired) electrons. The Morgan fingerprint density at radius 2 is 2.20 bits per heavy atom. The van der Waals surface area contributed by atoms with Crippen LogP contribution >= 0.6 is 27.3 Å². The molecule has 4 heteroatoms. The maximum atomic E-state index is 5.26. The summed E-state index contributed by atoms with van der Waals surface area (Å²) >= 11 is 5.36. The average Bonchev–Trinajstić information content (AvgIpc) is 2.97. The van der Waals surface area contributed by atoms with E-state index in [-0.39, 0.29) is 0 Å². The first-order valence-corrected chi connectivity index (χ1v) is 8.51. The van der Waals surface area contributed by atoms with Crippen LogP contribution in [0.15, 0.2) is 40.2 Å². The fraction of sp³-hybridized carbons (Fsp3) is 0.375. The van der Waals surface area contributed by atoms with Gasteiger partial charge in [0.1, 0.15) is 5.75 Å². The second-order valence-electron chi connectivity index (χ2n) is 4.71. The molecule has 0 fully saturated rings. The summed E-state index contributed by atoms with van der Waals surface area (Å²) in [6.07, 6.45) is 2.35. The largest absolute Gasteiger partial charge is 0.496 e. The average molecular weight is 354 g/mol. The van der Waals surface area contributed by atoms with Crippen molar-refractivity contribution in [3.63, 3.8) is 0 Å². The first kappa shape index (κ1) is 15.5. The zero-order valence-corrected chi connectivity index (χ0v) is 14.3. The molecule has 1 aromatic heterocycles. The Bertz CT molecular complexity index is 527. The lowest BCUT2D eigenvalue weighted by atomic mass is 10.1. The van der Waals surface area contributed by atoms with E-state index in [1.807, 2.05) is 17.4 Å². The Balaban J connectivity index is 2.00. The highest BCUT2D eigenvalue weighted by Gasteiger charge is 2.11. The summed E-state index contributed by atoms with van der Waals surface area (Å²) in [6.45, 7) is 3.09. The van der Waals surface area contributed by atoms with Crippen LogP contribution in [0.4, 0.5) is 0 Å². The summed E-state index contributed by atoms with van der Waals surface area (Å²) in [6, 6.07) is 11.0. The molecule has 1 unspecified atom stereocenters. The van der Waals surface area contributed by atoms with Gasteiger partial charge >= 0.3 is 0 Å². The molecule has 1 N–H and O–H groups in total. The number of rotatable bonds is 7. The first-order valence-electron chi connectivity index (χ1n) is 6.83. The number of methoxy groups -OCH3 is 1. The molecule has 1 aromatic carbocycles. The molecule has 2 aromatic rings. The highest BCUT2D eigenvalue weighted by molar-refractivity contribution is 9.10. The molecule has 20 heavy (non-hydrogen) atoms. The summed E-state index contributed by atoms with van der Waals surface area (Å²) in [5.41, 5.74) is 1.26. The molecule has 0 amide bonds. The van der Waals surface area contributed by atoms with Gasteiger partial charge in [0, 0.05) is 17.5 Å². The standard InChI is InChI=1S/C16H20BrNOS/c1-3-5-14(16-6-4-9-20-16)18-11-12-7-8-15(19-2)13(17)10-12/h4,6-10,14,18H,3,5,11H2,1-2H3. The van der Waals surface area contributed by atoms with E-state index in [1.54, 1.807) is 7.11 Å². The van der Waals surface area contributed by atoms with Crippen LogP contribution in [-0.2, 0) is 6.54 Å². The van der Waals surface area contributed by atoms with Crippen molar-refractivity contribution in [2.24, 2.45) is 0 Å². The minimum absolute atomic E-state index is 0.445. The summed E-state index contributed by atoms with van der Waals surface area (Å²) in [5, 5.41) is 5.80. The van der Waals surface area contributed by atoms with Crippen LogP contribution in [-0.4, -0.2) is 7.11 Å². The van der Waals surface area contributed by atoms with Gasteiger partial charge in [-0.15, -0.1) is 11.3 Å². The molecule has 2 nitrogen and oxygen atoms in total. The monoisotopic (exact) mass is 353 g/mol. The van der Waals surface area contributed by atoms with Crippen molar-refractivity contribution in [3.05, 3.63) is 50.6 Å². The lowest BCUT2D eigenvalue weighted by molar-refractivity contribution is 0.411. The zero-order valence-electron chi connectivity index (χ0n) is 11.9. The van der Waals surface area contributed by atoms with Gasteiger partial charge < -0.3 is 10.1 Å². The fourth-order valence-corrected chi connectivity index (χ4v) is 3.61. The number of thiophene rings is 1. The first-order chi connectivity index (χ1) is 9.74. The molecule has 0 spiro atoms. The van der Waals surface area contributed by atoms with Gasteiger partial charge in [0.2, 0.25) is 0 Å². The van der Waals surface area contributed by atoms with Crippen LogP contribution in [0.2, 0.25) is 0 Å². The number of benzene rings is 1. The Kier molecular flexibility index (Phi) is 6.07.